The van der Waals surface area contributed by atoms with Crippen molar-refractivity contribution >= 4 is 34.1 Å². The quantitative estimate of drug-likeness (QED) is 0.640. The van der Waals surface area contributed by atoms with Crippen molar-refractivity contribution in [3.05, 3.63) is 66.2 Å². The fourth-order valence-electron chi connectivity index (χ4n) is 4.40. The van der Waals surface area contributed by atoms with Gasteiger partial charge in [0.15, 0.2) is 6.61 Å². The van der Waals surface area contributed by atoms with E-state index in [1.807, 2.05) is 17.0 Å². The predicted molar refractivity (Wildman–Crippen MR) is 117 cm³/mol. The minimum atomic E-state index is -0.196. The Labute approximate surface area is 174 Å². The molecule has 2 heterocycles. The third-order valence-electron chi connectivity index (χ3n) is 5.81. The molecule has 5 rings (SSSR count). The smallest absolute Gasteiger partial charge is 0.322 e. The largest absolute Gasteiger partial charge is 0.482 e. The number of nitrogens with one attached hydrogen (secondary N) is 2. The van der Waals surface area contributed by atoms with Gasteiger partial charge in [-0.05, 0) is 53.8 Å². The molecule has 1 fully saturated rings. The van der Waals surface area contributed by atoms with Crippen LogP contribution < -0.4 is 15.4 Å². The number of ether oxygens (including phenoxy) is 1. The first-order valence-electron chi connectivity index (χ1n) is 10.3. The first kappa shape index (κ1) is 18.5. The van der Waals surface area contributed by atoms with E-state index in [2.05, 4.69) is 41.0 Å². The van der Waals surface area contributed by atoms with Crippen LogP contribution in [-0.2, 0) is 4.79 Å². The molecule has 2 N–H and O–H groups in total. The molecule has 3 amide bonds. The third-order valence-corrected chi connectivity index (χ3v) is 5.81. The molecule has 2 aliphatic rings. The molecule has 0 radical (unpaired) electrons. The van der Waals surface area contributed by atoms with Crippen molar-refractivity contribution in [2.75, 3.05) is 23.8 Å². The maximum Gasteiger partial charge on any atom is 0.322 e. The monoisotopic (exact) mass is 401 g/mol. The number of rotatable bonds is 2. The van der Waals surface area contributed by atoms with E-state index in [1.54, 1.807) is 18.2 Å². The number of hydrogen-bond donors (Lipinski definition) is 2. The lowest BCUT2D eigenvalue weighted by Crippen LogP contribution is -2.41. The first-order valence-corrected chi connectivity index (χ1v) is 10.3. The average Bonchev–Trinajstić information content (AvgIpc) is 2.78. The van der Waals surface area contributed by atoms with Gasteiger partial charge in [-0.1, -0.05) is 42.5 Å². The van der Waals surface area contributed by atoms with Crippen LogP contribution in [0.3, 0.4) is 0 Å². The Morgan fingerprint density at radius 3 is 2.87 bits per heavy atom. The van der Waals surface area contributed by atoms with Gasteiger partial charge >= 0.3 is 6.03 Å². The maximum absolute atomic E-state index is 13.2. The highest BCUT2D eigenvalue weighted by molar-refractivity contribution is 5.97. The summed E-state index contributed by atoms with van der Waals surface area (Å²) in [6, 6.07) is 19.8. The third kappa shape index (κ3) is 3.45. The van der Waals surface area contributed by atoms with Crippen LogP contribution in [0.1, 0.15) is 30.9 Å². The molecule has 0 spiro atoms. The zero-order valence-corrected chi connectivity index (χ0v) is 16.6. The van der Waals surface area contributed by atoms with E-state index < -0.39 is 0 Å². The summed E-state index contributed by atoms with van der Waals surface area (Å²) in [7, 11) is 0. The minimum absolute atomic E-state index is 0.0131. The fraction of sp³-hybridized carbons (Fsp3) is 0.250. The highest BCUT2D eigenvalue weighted by Crippen LogP contribution is 2.36. The highest BCUT2D eigenvalue weighted by Gasteiger charge is 2.29. The van der Waals surface area contributed by atoms with Crippen molar-refractivity contribution in [3.8, 4) is 5.75 Å². The van der Waals surface area contributed by atoms with Gasteiger partial charge in [0.25, 0.3) is 5.91 Å². The molecular formula is C24H23N3O3. The van der Waals surface area contributed by atoms with Gasteiger partial charge in [-0.2, -0.15) is 0 Å². The van der Waals surface area contributed by atoms with E-state index in [9.17, 15) is 9.59 Å². The number of anilines is 2. The molecule has 3 aromatic carbocycles. The van der Waals surface area contributed by atoms with E-state index in [4.69, 9.17) is 4.74 Å². The Bertz CT molecular complexity index is 1120. The van der Waals surface area contributed by atoms with E-state index >= 15 is 0 Å². The van der Waals surface area contributed by atoms with Crippen molar-refractivity contribution in [2.45, 2.75) is 25.3 Å². The van der Waals surface area contributed by atoms with Crippen molar-refractivity contribution in [1.29, 1.82) is 0 Å². The number of carbonyl (C=O) groups excluding carboxylic acids is 2. The zero-order valence-electron chi connectivity index (χ0n) is 16.6. The molecule has 0 aromatic heterocycles. The average molecular weight is 401 g/mol. The van der Waals surface area contributed by atoms with Gasteiger partial charge in [0.05, 0.1) is 11.7 Å². The summed E-state index contributed by atoms with van der Waals surface area (Å²) in [6.07, 6.45) is 3.03. The molecule has 1 saturated heterocycles. The van der Waals surface area contributed by atoms with Gasteiger partial charge in [-0.25, -0.2) is 4.79 Å². The Morgan fingerprint density at radius 1 is 1.07 bits per heavy atom. The summed E-state index contributed by atoms with van der Waals surface area (Å²) in [6.45, 7) is 0.726. The zero-order chi connectivity index (χ0) is 20.5. The first-order chi connectivity index (χ1) is 14.7. The molecule has 30 heavy (non-hydrogen) atoms. The number of fused-ring (bicyclic) bond motifs is 2. The molecule has 3 aromatic rings. The molecule has 0 saturated carbocycles. The summed E-state index contributed by atoms with van der Waals surface area (Å²) in [5.41, 5.74) is 2.40. The van der Waals surface area contributed by atoms with E-state index in [0.29, 0.717) is 23.7 Å². The van der Waals surface area contributed by atoms with E-state index in [0.717, 1.165) is 19.3 Å². The predicted octanol–water partition coefficient (Wildman–Crippen LogP) is 4.93. The molecule has 1 atom stereocenters. The molecular weight excluding hydrogens is 378 g/mol. The van der Waals surface area contributed by atoms with Crippen LogP contribution in [0.4, 0.5) is 16.2 Å². The lowest BCUT2D eigenvalue weighted by molar-refractivity contribution is -0.118. The minimum Gasteiger partial charge on any atom is -0.482 e. The van der Waals surface area contributed by atoms with Gasteiger partial charge in [0.1, 0.15) is 5.75 Å². The Hall–Kier alpha value is -3.54. The van der Waals surface area contributed by atoms with Crippen molar-refractivity contribution in [1.82, 2.24) is 4.90 Å². The molecule has 6 heteroatoms. The Morgan fingerprint density at radius 2 is 1.93 bits per heavy atom. The van der Waals surface area contributed by atoms with Crippen LogP contribution in [0.15, 0.2) is 60.7 Å². The highest BCUT2D eigenvalue weighted by atomic mass is 16.5. The molecule has 6 nitrogen and oxygen atoms in total. The lowest BCUT2D eigenvalue weighted by atomic mass is 9.91. The number of nitrogens with zero attached hydrogens (tertiary/aromatic N) is 1. The molecule has 1 unspecified atom stereocenters. The number of benzene rings is 3. The van der Waals surface area contributed by atoms with Gasteiger partial charge in [0.2, 0.25) is 0 Å². The summed E-state index contributed by atoms with van der Waals surface area (Å²) < 4.78 is 5.39. The van der Waals surface area contributed by atoms with Crippen LogP contribution in [0, 0.1) is 0 Å². The topological polar surface area (TPSA) is 70.7 Å². The van der Waals surface area contributed by atoms with Crippen LogP contribution in [0.2, 0.25) is 0 Å². The Balaban J connectivity index is 1.41. The van der Waals surface area contributed by atoms with Gasteiger partial charge < -0.3 is 20.3 Å². The second-order valence-electron chi connectivity index (χ2n) is 7.75. The van der Waals surface area contributed by atoms with E-state index in [-0.39, 0.29) is 24.6 Å². The van der Waals surface area contributed by atoms with Crippen molar-refractivity contribution in [2.24, 2.45) is 0 Å². The second kappa shape index (κ2) is 7.71. The lowest BCUT2D eigenvalue weighted by Gasteiger charge is -2.36. The molecule has 2 aliphatic heterocycles. The number of likely N-dealkylation sites (tertiary alicyclic amines) is 1. The number of amides is 3. The van der Waals surface area contributed by atoms with Gasteiger partial charge in [-0.3, -0.25) is 4.79 Å². The summed E-state index contributed by atoms with van der Waals surface area (Å²) in [4.78, 5) is 26.7. The second-order valence-corrected chi connectivity index (χ2v) is 7.75. The number of urea groups is 1. The van der Waals surface area contributed by atoms with Crippen molar-refractivity contribution in [3.63, 3.8) is 0 Å². The van der Waals surface area contributed by atoms with Crippen LogP contribution >= 0.6 is 0 Å². The molecule has 0 aliphatic carbocycles. The summed E-state index contributed by atoms with van der Waals surface area (Å²) >= 11 is 0. The molecule has 152 valence electrons. The summed E-state index contributed by atoms with van der Waals surface area (Å²) in [5.74, 6) is 0.414. The van der Waals surface area contributed by atoms with Crippen molar-refractivity contribution < 1.29 is 14.3 Å². The van der Waals surface area contributed by atoms with E-state index in [1.165, 1.54) is 16.3 Å². The standard InChI is InChI=1S/C24H23N3O3/c28-23-15-30-22-12-11-17(14-20(22)26-23)25-24(29)27-13-4-3-10-21(27)19-9-5-7-16-6-1-2-8-18(16)19/h1-2,5-9,11-12,14,21H,3-4,10,13,15H2,(H,25,29)(H,26,28). The van der Waals surface area contributed by atoms with Crippen LogP contribution in [-0.4, -0.2) is 30.0 Å². The van der Waals surface area contributed by atoms with Crippen LogP contribution in [0.5, 0.6) is 5.75 Å². The number of piperidine rings is 1. The number of carbonyl (C=O) groups is 2. The normalized spacial score (nSPS) is 18.3. The maximum atomic E-state index is 13.2. The van der Waals surface area contributed by atoms with Gasteiger partial charge in [0, 0.05) is 12.2 Å². The number of hydrogen-bond acceptors (Lipinski definition) is 3. The molecule has 0 bridgehead atoms. The fourth-order valence-corrected chi connectivity index (χ4v) is 4.40. The summed E-state index contributed by atoms with van der Waals surface area (Å²) in [5, 5.41) is 8.16. The van der Waals surface area contributed by atoms with Crippen LogP contribution in [0.25, 0.3) is 10.8 Å². The Kier molecular flexibility index (Phi) is 4.75. The van der Waals surface area contributed by atoms with Gasteiger partial charge in [-0.15, -0.1) is 0 Å². The SMILES string of the molecule is O=C1COc2ccc(NC(=O)N3CCCCC3c3cccc4ccccc34)cc2N1.